The molecule has 0 aromatic heterocycles. The Morgan fingerprint density at radius 2 is 2.00 bits per heavy atom. The third-order valence-corrected chi connectivity index (χ3v) is 2.45. The molecule has 1 N–H and O–H groups in total. The molecule has 0 aliphatic carbocycles. The van der Waals surface area contributed by atoms with Gasteiger partial charge in [0.1, 0.15) is 5.82 Å². The largest absolute Gasteiger partial charge is 0.382 e. The zero-order valence-electron chi connectivity index (χ0n) is 9.37. The predicted octanol–water partition coefficient (Wildman–Crippen LogP) is 3.33. The number of hydrogen-bond acceptors (Lipinski definition) is 3. The third-order valence-electron chi connectivity index (χ3n) is 2.45. The van der Waals surface area contributed by atoms with Gasteiger partial charge in [-0.25, -0.2) is 4.39 Å². The maximum Gasteiger partial charge on any atom is 0.274 e. The zero-order valence-corrected chi connectivity index (χ0v) is 9.37. The summed E-state index contributed by atoms with van der Waals surface area (Å²) < 4.78 is 13.1. The normalized spacial score (nSPS) is 10.5. The lowest BCUT2D eigenvalue weighted by Crippen LogP contribution is -2.17. The maximum atomic E-state index is 13.1. The van der Waals surface area contributed by atoms with Gasteiger partial charge in [0.15, 0.2) is 0 Å². The monoisotopic (exact) mass is 226 g/mol. The van der Waals surface area contributed by atoms with Crippen molar-refractivity contribution in [2.75, 3.05) is 5.32 Å². The predicted molar refractivity (Wildman–Crippen MR) is 61.0 cm³/mol. The number of benzene rings is 1. The Morgan fingerprint density at radius 1 is 1.38 bits per heavy atom. The van der Waals surface area contributed by atoms with Gasteiger partial charge in [-0.05, 0) is 18.9 Å². The molecule has 0 bridgehead atoms. The fourth-order valence-electron chi connectivity index (χ4n) is 1.49. The van der Waals surface area contributed by atoms with Crippen molar-refractivity contribution in [1.29, 1.82) is 0 Å². The first-order valence-corrected chi connectivity index (χ1v) is 5.28. The highest BCUT2D eigenvalue weighted by molar-refractivity contribution is 5.52. The second-order valence-electron chi connectivity index (χ2n) is 3.61. The fraction of sp³-hybridized carbons (Fsp3) is 0.455. The van der Waals surface area contributed by atoms with Crippen LogP contribution >= 0.6 is 0 Å². The van der Waals surface area contributed by atoms with E-state index in [2.05, 4.69) is 5.32 Å². The van der Waals surface area contributed by atoms with E-state index < -0.39 is 10.7 Å². The van der Waals surface area contributed by atoms with Gasteiger partial charge in [-0.1, -0.05) is 13.8 Å². The van der Waals surface area contributed by atoms with Gasteiger partial charge >= 0.3 is 0 Å². The molecule has 0 saturated heterocycles. The SMILES string of the molecule is CCC(CC)Nc1cc(F)cc([N+](=O)[O-])c1. The molecule has 0 amide bonds. The van der Waals surface area contributed by atoms with Crippen LogP contribution in [-0.4, -0.2) is 11.0 Å². The van der Waals surface area contributed by atoms with Gasteiger partial charge in [-0.2, -0.15) is 0 Å². The molecule has 16 heavy (non-hydrogen) atoms. The number of rotatable bonds is 5. The second kappa shape index (κ2) is 5.44. The number of non-ortho nitro benzene ring substituents is 1. The average Bonchev–Trinajstić information content (AvgIpc) is 2.25. The van der Waals surface area contributed by atoms with Crippen LogP contribution in [0.1, 0.15) is 26.7 Å². The molecule has 4 nitrogen and oxygen atoms in total. The molecular weight excluding hydrogens is 211 g/mol. The van der Waals surface area contributed by atoms with Crippen LogP contribution in [0.3, 0.4) is 0 Å². The molecule has 88 valence electrons. The topological polar surface area (TPSA) is 55.2 Å². The Bertz CT molecular complexity index is 378. The minimum atomic E-state index is -0.596. The molecule has 0 aliphatic rings. The minimum Gasteiger partial charge on any atom is -0.382 e. The van der Waals surface area contributed by atoms with Crippen molar-refractivity contribution >= 4 is 11.4 Å². The van der Waals surface area contributed by atoms with E-state index in [1.807, 2.05) is 13.8 Å². The fourth-order valence-corrected chi connectivity index (χ4v) is 1.49. The zero-order chi connectivity index (χ0) is 12.1. The summed E-state index contributed by atoms with van der Waals surface area (Å²) in [6.45, 7) is 4.02. The van der Waals surface area contributed by atoms with Crippen LogP contribution in [0.5, 0.6) is 0 Å². The van der Waals surface area contributed by atoms with Crippen molar-refractivity contribution in [2.45, 2.75) is 32.7 Å². The molecule has 0 unspecified atom stereocenters. The lowest BCUT2D eigenvalue weighted by molar-refractivity contribution is -0.385. The smallest absolute Gasteiger partial charge is 0.274 e. The molecule has 0 atom stereocenters. The summed E-state index contributed by atoms with van der Waals surface area (Å²) in [4.78, 5) is 9.95. The number of nitro groups is 1. The van der Waals surface area contributed by atoms with Gasteiger partial charge in [-0.3, -0.25) is 10.1 Å². The van der Waals surface area contributed by atoms with Crippen LogP contribution in [0.25, 0.3) is 0 Å². The summed E-state index contributed by atoms with van der Waals surface area (Å²) in [5.41, 5.74) is 0.230. The number of nitro benzene ring substituents is 1. The highest BCUT2D eigenvalue weighted by Gasteiger charge is 2.11. The molecule has 1 aromatic rings. The van der Waals surface area contributed by atoms with E-state index in [-0.39, 0.29) is 11.7 Å². The van der Waals surface area contributed by atoms with Crippen molar-refractivity contribution in [3.05, 3.63) is 34.1 Å². The highest BCUT2D eigenvalue weighted by atomic mass is 19.1. The minimum absolute atomic E-state index is 0.210. The first-order valence-electron chi connectivity index (χ1n) is 5.28. The van der Waals surface area contributed by atoms with Gasteiger partial charge in [0.2, 0.25) is 0 Å². The van der Waals surface area contributed by atoms with Gasteiger partial charge in [0.05, 0.1) is 11.0 Å². The van der Waals surface area contributed by atoms with Crippen LogP contribution < -0.4 is 5.32 Å². The summed E-state index contributed by atoms with van der Waals surface area (Å²) in [5.74, 6) is -0.595. The molecule has 5 heteroatoms. The van der Waals surface area contributed by atoms with Gasteiger partial charge in [0.25, 0.3) is 5.69 Å². The molecular formula is C11H15FN2O2. The maximum absolute atomic E-state index is 13.1. The molecule has 0 fully saturated rings. The number of halogens is 1. The van der Waals surface area contributed by atoms with Crippen molar-refractivity contribution in [3.63, 3.8) is 0 Å². The van der Waals surface area contributed by atoms with Crippen molar-refractivity contribution in [3.8, 4) is 0 Å². The molecule has 0 spiro atoms. The van der Waals surface area contributed by atoms with Crippen molar-refractivity contribution in [1.82, 2.24) is 0 Å². The third kappa shape index (κ3) is 3.18. The molecule has 0 aliphatic heterocycles. The van der Waals surface area contributed by atoms with Crippen molar-refractivity contribution < 1.29 is 9.31 Å². The first-order chi connectivity index (χ1) is 7.56. The Kier molecular flexibility index (Phi) is 4.22. The first kappa shape index (κ1) is 12.4. The average molecular weight is 226 g/mol. The summed E-state index contributed by atoms with van der Waals surface area (Å²) in [6, 6.07) is 3.74. The summed E-state index contributed by atoms with van der Waals surface area (Å²) in [5, 5.41) is 13.6. The second-order valence-corrected chi connectivity index (χ2v) is 3.61. The lowest BCUT2D eigenvalue weighted by Gasteiger charge is -2.15. The van der Waals surface area contributed by atoms with E-state index in [0.717, 1.165) is 18.9 Å². The Hall–Kier alpha value is -1.65. The van der Waals surface area contributed by atoms with E-state index in [0.29, 0.717) is 5.69 Å². The van der Waals surface area contributed by atoms with E-state index in [1.165, 1.54) is 12.1 Å². The Morgan fingerprint density at radius 3 is 2.50 bits per heavy atom. The quantitative estimate of drug-likeness (QED) is 0.618. The summed E-state index contributed by atoms with van der Waals surface area (Å²) >= 11 is 0. The van der Waals surface area contributed by atoms with E-state index in [9.17, 15) is 14.5 Å². The van der Waals surface area contributed by atoms with Crippen LogP contribution in [0.2, 0.25) is 0 Å². The van der Waals surface area contributed by atoms with Crippen LogP contribution in [-0.2, 0) is 0 Å². The van der Waals surface area contributed by atoms with Gasteiger partial charge in [-0.15, -0.1) is 0 Å². The van der Waals surface area contributed by atoms with Crippen LogP contribution in [0, 0.1) is 15.9 Å². The number of nitrogens with zero attached hydrogens (tertiary/aromatic N) is 1. The van der Waals surface area contributed by atoms with Crippen LogP contribution in [0.4, 0.5) is 15.8 Å². The van der Waals surface area contributed by atoms with E-state index >= 15 is 0 Å². The summed E-state index contributed by atoms with van der Waals surface area (Å²) in [7, 11) is 0. The van der Waals surface area contributed by atoms with Gasteiger partial charge in [0, 0.05) is 17.8 Å². The number of hydrogen-bond donors (Lipinski definition) is 1. The summed E-state index contributed by atoms with van der Waals surface area (Å²) in [6.07, 6.45) is 1.78. The standard InChI is InChI=1S/C11H15FN2O2/c1-3-9(4-2)13-10-5-8(12)6-11(7-10)14(15)16/h5-7,9,13H,3-4H2,1-2H3. The van der Waals surface area contributed by atoms with E-state index in [1.54, 1.807) is 0 Å². The molecule has 1 aromatic carbocycles. The molecule has 1 rings (SSSR count). The molecule has 0 heterocycles. The Labute approximate surface area is 93.6 Å². The van der Waals surface area contributed by atoms with Gasteiger partial charge < -0.3 is 5.32 Å². The number of anilines is 1. The molecule has 0 saturated carbocycles. The van der Waals surface area contributed by atoms with Crippen LogP contribution in [0.15, 0.2) is 18.2 Å². The highest BCUT2D eigenvalue weighted by Crippen LogP contribution is 2.21. The lowest BCUT2D eigenvalue weighted by atomic mass is 10.1. The van der Waals surface area contributed by atoms with E-state index in [4.69, 9.17) is 0 Å². The molecule has 0 radical (unpaired) electrons. The number of nitrogens with one attached hydrogen (secondary N) is 1. The van der Waals surface area contributed by atoms with Crippen molar-refractivity contribution in [2.24, 2.45) is 0 Å². The Balaban J connectivity index is 2.91.